The molecule has 21 heavy (non-hydrogen) atoms. The van der Waals surface area contributed by atoms with Crippen LogP contribution in [-0.4, -0.2) is 42.4 Å². The number of benzene rings is 1. The molecule has 0 bridgehead atoms. The van der Waals surface area contributed by atoms with Gasteiger partial charge in [-0.1, -0.05) is 30.3 Å². The van der Waals surface area contributed by atoms with Gasteiger partial charge in [-0.3, -0.25) is 9.59 Å². The highest BCUT2D eigenvalue weighted by Crippen LogP contribution is 2.16. The Balaban J connectivity index is 1.93. The van der Waals surface area contributed by atoms with E-state index in [1.165, 1.54) is 6.92 Å². The molecule has 3 N–H and O–H groups in total. The van der Waals surface area contributed by atoms with Gasteiger partial charge in [0.25, 0.3) is 0 Å². The second-order valence-electron chi connectivity index (χ2n) is 5.59. The standard InChI is InChI=1S/C16H23N3O2/c1-12(20)18-15-7-8-19(11-15)16(21)14(10-17)9-13-5-3-2-4-6-13/h2-6,14-15H,7-11,17H2,1H3,(H,18,20). The molecule has 1 saturated heterocycles. The average Bonchev–Trinajstić information content (AvgIpc) is 2.92. The Labute approximate surface area is 125 Å². The van der Waals surface area contributed by atoms with E-state index in [2.05, 4.69) is 5.32 Å². The third kappa shape index (κ3) is 4.29. The Kier molecular flexibility index (Phi) is 5.33. The summed E-state index contributed by atoms with van der Waals surface area (Å²) in [5.74, 6) is -0.147. The van der Waals surface area contributed by atoms with Gasteiger partial charge in [-0.25, -0.2) is 0 Å². The van der Waals surface area contributed by atoms with Crippen molar-refractivity contribution in [3.8, 4) is 0 Å². The van der Waals surface area contributed by atoms with E-state index in [0.29, 0.717) is 26.1 Å². The SMILES string of the molecule is CC(=O)NC1CCN(C(=O)C(CN)Cc2ccccc2)C1. The summed E-state index contributed by atoms with van der Waals surface area (Å²) in [6.45, 7) is 3.12. The highest BCUT2D eigenvalue weighted by atomic mass is 16.2. The first-order chi connectivity index (χ1) is 10.1. The van der Waals surface area contributed by atoms with Crippen molar-refractivity contribution in [3.63, 3.8) is 0 Å². The van der Waals surface area contributed by atoms with Gasteiger partial charge >= 0.3 is 0 Å². The van der Waals surface area contributed by atoms with Gasteiger partial charge in [0.05, 0.1) is 5.92 Å². The van der Waals surface area contributed by atoms with Crippen LogP contribution in [0.4, 0.5) is 0 Å². The number of hydrogen-bond acceptors (Lipinski definition) is 3. The summed E-state index contributed by atoms with van der Waals surface area (Å²) in [7, 11) is 0. The first kappa shape index (κ1) is 15.5. The van der Waals surface area contributed by atoms with Gasteiger partial charge in [0, 0.05) is 32.6 Å². The van der Waals surface area contributed by atoms with Crippen LogP contribution in [0, 0.1) is 5.92 Å². The lowest BCUT2D eigenvalue weighted by atomic mass is 9.98. The van der Waals surface area contributed by atoms with Crippen LogP contribution < -0.4 is 11.1 Å². The third-order valence-corrected chi connectivity index (χ3v) is 3.87. The van der Waals surface area contributed by atoms with Gasteiger partial charge in [0.15, 0.2) is 0 Å². The minimum Gasteiger partial charge on any atom is -0.352 e. The highest BCUT2D eigenvalue weighted by Gasteiger charge is 2.30. The van der Waals surface area contributed by atoms with Crippen LogP contribution in [0.5, 0.6) is 0 Å². The lowest BCUT2D eigenvalue weighted by Gasteiger charge is -2.23. The van der Waals surface area contributed by atoms with Crippen molar-refractivity contribution in [2.24, 2.45) is 11.7 Å². The van der Waals surface area contributed by atoms with E-state index in [1.807, 2.05) is 35.2 Å². The number of nitrogens with one attached hydrogen (secondary N) is 1. The van der Waals surface area contributed by atoms with Crippen LogP contribution in [0.2, 0.25) is 0 Å². The maximum absolute atomic E-state index is 12.5. The molecule has 0 spiro atoms. The van der Waals surface area contributed by atoms with E-state index in [1.54, 1.807) is 0 Å². The summed E-state index contributed by atoms with van der Waals surface area (Å²) in [5, 5.41) is 2.87. The molecule has 1 aromatic carbocycles. The number of amides is 2. The number of carbonyl (C=O) groups is 2. The molecule has 2 rings (SSSR count). The zero-order chi connectivity index (χ0) is 15.2. The molecular weight excluding hydrogens is 266 g/mol. The van der Waals surface area contributed by atoms with Gasteiger partial charge < -0.3 is 16.0 Å². The lowest BCUT2D eigenvalue weighted by molar-refractivity contribution is -0.134. The number of nitrogens with two attached hydrogens (primary N) is 1. The van der Waals surface area contributed by atoms with Crippen LogP contribution >= 0.6 is 0 Å². The van der Waals surface area contributed by atoms with Crippen molar-refractivity contribution < 1.29 is 9.59 Å². The molecule has 2 unspecified atom stereocenters. The maximum atomic E-state index is 12.5. The van der Waals surface area contributed by atoms with Crippen LogP contribution in [0.15, 0.2) is 30.3 Å². The number of rotatable bonds is 5. The molecule has 114 valence electrons. The van der Waals surface area contributed by atoms with E-state index in [-0.39, 0.29) is 23.8 Å². The molecule has 1 aliphatic rings. The Morgan fingerprint density at radius 3 is 2.71 bits per heavy atom. The minimum atomic E-state index is -0.191. The van der Waals surface area contributed by atoms with E-state index < -0.39 is 0 Å². The summed E-state index contributed by atoms with van der Waals surface area (Å²) in [4.78, 5) is 25.4. The van der Waals surface area contributed by atoms with Crippen molar-refractivity contribution in [2.75, 3.05) is 19.6 Å². The number of likely N-dealkylation sites (tertiary alicyclic amines) is 1. The van der Waals surface area contributed by atoms with Gasteiger partial charge in [-0.15, -0.1) is 0 Å². The average molecular weight is 289 g/mol. The minimum absolute atomic E-state index is 0.0473. The Morgan fingerprint density at radius 1 is 1.38 bits per heavy atom. The third-order valence-electron chi connectivity index (χ3n) is 3.87. The van der Waals surface area contributed by atoms with Gasteiger partial charge in [0.1, 0.15) is 0 Å². The summed E-state index contributed by atoms with van der Waals surface area (Å²) in [6.07, 6.45) is 1.48. The smallest absolute Gasteiger partial charge is 0.227 e. The van der Waals surface area contributed by atoms with Gasteiger partial charge in [-0.2, -0.15) is 0 Å². The summed E-state index contributed by atoms with van der Waals surface area (Å²) >= 11 is 0. The zero-order valence-electron chi connectivity index (χ0n) is 12.4. The number of hydrogen-bond donors (Lipinski definition) is 2. The topological polar surface area (TPSA) is 75.4 Å². The first-order valence-electron chi connectivity index (χ1n) is 7.40. The van der Waals surface area contributed by atoms with E-state index >= 15 is 0 Å². The molecule has 1 fully saturated rings. The quantitative estimate of drug-likeness (QED) is 0.831. The fourth-order valence-corrected chi connectivity index (χ4v) is 2.79. The van der Waals surface area contributed by atoms with Crippen molar-refractivity contribution in [1.82, 2.24) is 10.2 Å². The molecule has 1 heterocycles. The molecule has 5 nitrogen and oxygen atoms in total. The van der Waals surface area contributed by atoms with Crippen LogP contribution in [-0.2, 0) is 16.0 Å². The number of nitrogens with zero attached hydrogens (tertiary/aromatic N) is 1. The molecule has 0 aliphatic carbocycles. The zero-order valence-corrected chi connectivity index (χ0v) is 12.4. The normalized spacial score (nSPS) is 19.3. The van der Waals surface area contributed by atoms with Gasteiger partial charge in [-0.05, 0) is 18.4 Å². The Bertz CT molecular complexity index is 490. The molecule has 1 aromatic rings. The number of carbonyl (C=O) groups excluding carboxylic acids is 2. The molecular formula is C16H23N3O2. The predicted molar refractivity (Wildman–Crippen MR) is 81.5 cm³/mol. The Hall–Kier alpha value is -1.88. The predicted octanol–water partition coefficient (Wildman–Crippen LogP) is 0.541. The fourth-order valence-electron chi connectivity index (χ4n) is 2.79. The molecule has 0 saturated carbocycles. The van der Waals surface area contributed by atoms with Crippen LogP contribution in [0.25, 0.3) is 0 Å². The Morgan fingerprint density at radius 2 is 2.10 bits per heavy atom. The molecule has 1 aliphatic heterocycles. The van der Waals surface area contributed by atoms with E-state index in [4.69, 9.17) is 5.73 Å². The first-order valence-corrected chi connectivity index (χ1v) is 7.40. The largest absolute Gasteiger partial charge is 0.352 e. The monoisotopic (exact) mass is 289 g/mol. The van der Waals surface area contributed by atoms with Crippen molar-refractivity contribution in [3.05, 3.63) is 35.9 Å². The summed E-state index contributed by atoms with van der Waals surface area (Å²) in [6, 6.07) is 9.99. The van der Waals surface area contributed by atoms with Gasteiger partial charge in [0.2, 0.25) is 11.8 Å². The summed E-state index contributed by atoms with van der Waals surface area (Å²) in [5.41, 5.74) is 6.91. The van der Waals surface area contributed by atoms with Crippen LogP contribution in [0.1, 0.15) is 18.9 Å². The van der Waals surface area contributed by atoms with Crippen LogP contribution in [0.3, 0.4) is 0 Å². The van der Waals surface area contributed by atoms with Crippen molar-refractivity contribution >= 4 is 11.8 Å². The fraction of sp³-hybridized carbons (Fsp3) is 0.500. The second kappa shape index (κ2) is 7.22. The molecule has 5 heteroatoms. The maximum Gasteiger partial charge on any atom is 0.227 e. The van der Waals surface area contributed by atoms with E-state index in [9.17, 15) is 9.59 Å². The molecule has 2 amide bonds. The lowest BCUT2D eigenvalue weighted by Crippen LogP contribution is -2.41. The van der Waals surface area contributed by atoms with E-state index in [0.717, 1.165) is 12.0 Å². The molecule has 0 aromatic heterocycles. The second-order valence-corrected chi connectivity index (χ2v) is 5.59. The van der Waals surface area contributed by atoms with Crippen molar-refractivity contribution in [2.45, 2.75) is 25.8 Å². The molecule has 0 radical (unpaired) electrons. The summed E-state index contributed by atoms with van der Waals surface area (Å²) < 4.78 is 0. The highest BCUT2D eigenvalue weighted by molar-refractivity contribution is 5.80. The van der Waals surface area contributed by atoms with Crippen molar-refractivity contribution in [1.29, 1.82) is 0 Å². The molecule has 2 atom stereocenters.